The van der Waals surface area contributed by atoms with Gasteiger partial charge >= 0.3 is 0 Å². The number of hydrogen-bond acceptors (Lipinski definition) is 2. The van der Waals surface area contributed by atoms with Crippen LogP contribution in [0.4, 0.5) is 4.39 Å². The SMILES string of the molecule is CC(C)n1ncc(Cl)c1C(N)c1ccccc1F. The molecular formula is C13H15ClFN3. The van der Waals surface area contributed by atoms with E-state index in [-0.39, 0.29) is 11.9 Å². The van der Waals surface area contributed by atoms with Crippen molar-refractivity contribution < 1.29 is 4.39 Å². The van der Waals surface area contributed by atoms with Gasteiger partial charge in [-0.2, -0.15) is 5.10 Å². The van der Waals surface area contributed by atoms with Gasteiger partial charge in [-0.1, -0.05) is 29.8 Å². The number of halogens is 2. The Kier molecular flexibility index (Phi) is 3.68. The Hall–Kier alpha value is -1.39. The van der Waals surface area contributed by atoms with Crippen molar-refractivity contribution >= 4 is 11.6 Å². The van der Waals surface area contributed by atoms with E-state index in [9.17, 15) is 4.39 Å². The van der Waals surface area contributed by atoms with E-state index in [0.717, 1.165) is 0 Å². The van der Waals surface area contributed by atoms with Crippen molar-refractivity contribution in [2.45, 2.75) is 25.9 Å². The number of nitrogens with two attached hydrogens (primary N) is 1. The normalized spacial score (nSPS) is 13.0. The van der Waals surface area contributed by atoms with Crippen LogP contribution in [0.3, 0.4) is 0 Å². The molecular weight excluding hydrogens is 253 g/mol. The molecule has 96 valence electrons. The Morgan fingerprint density at radius 2 is 2.00 bits per heavy atom. The molecule has 0 bridgehead atoms. The monoisotopic (exact) mass is 267 g/mol. The summed E-state index contributed by atoms with van der Waals surface area (Å²) in [6, 6.07) is 5.93. The summed E-state index contributed by atoms with van der Waals surface area (Å²) in [5.74, 6) is -0.336. The van der Waals surface area contributed by atoms with Gasteiger partial charge in [0.1, 0.15) is 5.82 Å². The number of hydrogen-bond donors (Lipinski definition) is 1. The highest BCUT2D eigenvalue weighted by Gasteiger charge is 2.22. The van der Waals surface area contributed by atoms with Gasteiger partial charge in [0.25, 0.3) is 0 Å². The van der Waals surface area contributed by atoms with Crippen LogP contribution < -0.4 is 5.73 Å². The summed E-state index contributed by atoms with van der Waals surface area (Å²) in [4.78, 5) is 0. The molecule has 0 aliphatic carbocycles. The lowest BCUT2D eigenvalue weighted by molar-refractivity contribution is 0.494. The van der Waals surface area contributed by atoms with Gasteiger partial charge in [-0.3, -0.25) is 4.68 Å². The van der Waals surface area contributed by atoms with E-state index >= 15 is 0 Å². The third-order valence-corrected chi connectivity index (χ3v) is 3.10. The van der Waals surface area contributed by atoms with Crippen LogP contribution in [0.5, 0.6) is 0 Å². The minimum absolute atomic E-state index is 0.116. The van der Waals surface area contributed by atoms with Crippen LogP contribution >= 0.6 is 11.6 Å². The van der Waals surface area contributed by atoms with Crippen molar-refractivity contribution in [2.24, 2.45) is 5.73 Å². The zero-order valence-electron chi connectivity index (χ0n) is 10.3. The molecule has 0 fully saturated rings. The van der Waals surface area contributed by atoms with Gasteiger partial charge in [0.15, 0.2) is 0 Å². The zero-order valence-corrected chi connectivity index (χ0v) is 11.0. The molecule has 0 saturated carbocycles. The number of rotatable bonds is 3. The number of aromatic nitrogens is 2. The molecule has 2 aromatic rings. The van der Waals surface area contributed by atoms with Crippen LogP contribution in [0.15, 0.2) is 30.5 Å². The predicted molar refractivity (Wildman–Crippen MR) is 70.1 cm³/mol. The van der Waals surface area contributed by atoms with Crippen LogP contribution in [-0.4, -0.2) is 9.78 Å². The maximum atomic E-state index is 13.7. The van der Waals surface area contributed by atoms with Crippen LogP contribution in [-0.2, 0) is 0 Å². The maximum Gasteiger partial charge on any atom is 0.128 e. The van der Waals surface area contributed by atoms with E-state index in [1.54, 1.807) is 22.9 Å². The van der Waals surface area contributed by atoms with Gasteiger partial charge < -0.3 is 5.73 Å². The van der Waals surface area contributed by atoms with Crippen molar-refractivity contribution in [1.29, 1.82) is 0 Å². The zero-order chi connectivity index (χ0) is 13.3. The van der Waals surface area contributed by atoms with Crippen molar-refractivity contribution in [3.8, 4) is 0 Å². The molecule has 0 aliphatic heterocycles. The predicted octanol–water partition coefficient (Wildman–Crippen LogP) is 3.30. The van der Waals surface area contributed by atoms with Crippen LogP contribution in [0.1, 0.15) is 37.2 Å². The average Bonchev–Trinajstić information content (AvgIpc) is 2.71. The molecule has 1 unspecified atom stereocenters. The molecule has 3 nitrogen and oxygen atoms in total. The smallest absolute Gasteiger partial charge is 0.128 e. The summed E-state index contributed by atoms with van der Waals surface area (Å²) in [5, 5.41) is 4.63. The quantitative estimate of drug-likeness (QED) is 0.927. The van der Waals surface area contributed by atoms with Crippen LogP contribution in [0.2, 0.25) is 5.02 Å². The fraction of sp³-hybridized carbons (Fsp3) is 0.308. The lowest BCUT2D eigenvalue weighted by Gasteiger charge is -2.18. The van der Waals surface area contributed by atoms with E-state index in [2.05, 4.69) is 5.10 Å². The summed E-state index contributed by atoms with van der Waals surface area (Å²) < 4.78 is 15.5. The molecule has 0 radical (unpaired) electrons. The molecule has 2 rings (SSSR count). The summed E-state index contributed by atoms with van der Waals surface area (Å²) in [6.07, 6.45) is 1.54. The van der Waals surface area contributed by atoms with Crippen LogP contribution in [0, 0.1) is 5.82 Å². The van der Waals surface area contributed by atoms with E-state index in [4.69, 9.17) is 17.3 Å². The highest BCUT2D eigenvalue weighted by molar-refractivity contribution is 6.31. The van der Waals surface area contributed by atoms with E-state index in [1.807, 2.05) is 13.8 Å². The molecule has 18 heavy (non-hydrogen) atoms. The molecule has 2 N–H and O–H groups in total. The molecule has 1 atom stereocenters. The molecule has 1 heterocycles. The Morgan fingerprint density at radius 3 is 2.61 bits per heavy atom. The third kappa shape index (κ3) is 2.26. The molecule has 0 saturated heterocycles. The average molecular weight is 268 g/mol. The Labute approximate surface area is 110 Å². The molecule has 1 aromatic carbocycles. The minimum atomic E-state index is -0.622. The van der Waals surface area contributed by atoms with Crippen molar-refractivity contribution in [1.82, 2.24) is 9.78 Å². The second kappa shape index (κ2) is 5.08. The van der Waals surface area contributed by atoms with Gasteiger partial charge in [-0.05, 0) is 19.9 Å². The molecule has 0 aliphatic rings. The van der Waals surface area contributed by atoms with Crippen LogP contribution in [0.25, 0.3) is 0 Å². The number of nitrogens with zero attached hydrogens (tertiary/aromatic N) is 2. The number of benzene rings is 1. The first-order valence-corrected chi connectivity index (χ1v) is 6.13. The van der Waals surface area contributed by atoms with Gasteiger partial charge in [0.2, 0.25) is 0 Å². The molecule has 0 spiro atoms. The van der Waals surface area contributed by atoms with Gasteiger partial charge in [0, 0.05) is 11.6 Å². The fourth-order valence-electron chi connectivity index (χ4n) is 1.93. The Balaban J connectivity index is 2.49. The van der Waals surface area contributed by atoms with Gasteiger partial charge in [-0.25, -0.2) is 4.39 Å². The largest absolute Gasteiger partial charge is 0.319 e. The van der Waals surface area contributed by atoms with Gasteiger partial charge in [-0.15, -0.1) is 0 Å². The van der Waals surface area contributed by atoms with E-state index in [1.165, 1.54) is 12.3 Å². The third-order valence-electron chi connectivity index (χ3n) is 2.81. The molecule has 5 heteroatoms. The fourth-order valence-corrected chi connectivity index (χ4v) is 2.18. The van der Waals surface area contributed by atoms with Crippen molar-refractivity contribution in [2.75, 3.05) is 0 Å². The topological polar surface area (TPSA) is 43.8 Å². The first-order valence-electron chi connectivity index (χ1n) is 5.75. The molecule has 1 aromatic heterocycles. The standard InChI is InChI=1S/C13H15ClFN3/c1-8(2)18-13(10(14)7-17-18)12(16)9-5-3-4-6-11(9)15/h3-8,12H,16H2,1-2H3. The highest BCUT2D eigenvalue weighted by Crippen LogP contribution is 2.29. The first kappa shape index (κ1) is 13.1. The summed E-state index contributed by atoms with van der Waals surface area (Å²) in [7, 11) is 0. The van der Waals surface area contributed by atoms with E-state index < -0.39 is 6.04 Å². The van der Waals surface area contributed by atoms with E-state index in [0.29, 0.717) is 16.3 Å². The summed E-state index contributed by atoms with van der Waals surface area (Å²) >= 11 is 6.10. The lowest BCUT2D eigenvalue weighted by atomic mass is 10.0. The lowest BCUT2D eigenvalue weighted by Crippen LogP contribution is -2.20. The van der Waals surface area contributed by atoms with Crippen molar-refractivity contribution in [3.63, 3.8) is 0 Å². The summed E-state index contributed by atoms with van der Waals surface area (Å²) in [5.41, 5.74) is 7.17. The van der Waals surface area contributed by atoms with Crippen molar-refractivity contribution in [3.05, 3.63) is 52.6 Å². The maximum absolute atomic E-state index is 13.7. The molecule has 0 amide bonds. The second-order valence-corrected chi connectivity index (χ2v) is 4.82. The summed E-state index contributed by atoms with van der Waals surface area (Å²) in [6.45, 7) is 3.95. The second-order valence-electron chi connectivity index (χ2n) is 4.42. The Morgan fingerprint density at radius 1 is 1.33 bits per heavy atom. The first-order chi connectivity index (χ1) is 8.52. The van der Waals surface area contributed by atoms with Gasteiger partial charge in [0.05, 0.1) is 23.0 Å². The minimum Gasteiger partial charge on any atom is -0.319 e. The Bertz CT molecular complexity index is 551. The highest BCUT2D eigenvalue weighted by atomic mass is 35.5.